The lowest BCUT2D eigenvalue weighted by atomic mass is 10.3. The zero-order chi connectivity index (χ0) is 11.7. The molecule has 0 saturated carbocycles. The number of carbonyl (C=O) groups excluding carboxylic acids is 1. The lowest BCUT2D eigenvalue weighted by molar-refractivity contribution is -0.136. The van der Waals surface area contributed by atoms with Gasteiger partial charge in [-0.05, 0) is 20.8 Å². The van der Waals surface area contributed by atoms with Crippen LogP contribution in [0.15, 0.2) is 11.6 Å². The first-order valence-electron chi connectivity index (χ1n) is 4.94. The van der Waals surface area contributed by atoms with Gasteiger partial charge in [-0.1, -0.05) is 6.08 Å². The van der Waals surface area contributed by atoms with Crippen molar-refractivity contribution in [2.75, 3.05) is 26.5 Å². The van der Waals surface area contributed by atoms with Gasteiger partial charge in [0.05, 0.1) is 20.3 Å². The zero-order valence-corrected chi connectivity index (χ0v) is 10.7. The monoisotopic (exact) mass is 234 g/mol. The fourth-order valence-electron chi connectivity index (χ4n) is 0.886. The fraction of sp³-hybridized carbons (Fsp3) is 0.700. The van der Waals surface area contributed by atoms with Crippen LogP contribution in [0.3, 0.4) is 0 Å². The van der Waals surface area contributed by atoms with E-state index >= 15 is 0 Å². The van der Waals surface area contributed by atoms with Gasteiger partial charge in [0.15, 0.2) is 8.38 Å². The van der Waals surface area contributed by atoms with Crippen LogP contribution < -0.4 is 0 Å². The lowest BCUT2D eigenvalue weighted by Gasteiger charge is -2.13. The van der Waals surface area contributed by atoms with Gasteiger partial charge in [-0.25, -0.2) is 4.79 Å². The van der Waals surface area contributed by atoms with Gasteiger partial charge in [-0.15, -0.1) is 0 Å². The van der Waals surface area contributed by atoms with Gasteiger partial charge in [0.2, 0.25) is 0 Å². The maximum absolute atomic E-state index is 11.1. The molecule has 0 N–H and O–H groups in total. The second kappa shape index (κ2) is 8.84. The number of hydrogen-bond acceptors (Lipinski definition) is 4. The topological polar surface area (TPSA) is 44.8 Å². The van der Waals surface area contributed by atoms with Crippen LogP contribution in [0.25, 0.3) is 0 Å². The van der Waals surface area contributed by atoms with Crippen molar-refractivity contribution in [1.82, 2.24) is 0 Å². The molecule has 0 aromatic carbocycles. The molecule has 0 fully saturated rings. The van der Waals surface area contributed by atoms with Crippen molar-refractivity contribution in [3.63, 3.8) is 0 Å². The average molecular weight is 234 g/mol. The molecule has 0 aliphatic carbocycles. The predicted molar refractivity (Wildman–Crippen MR) is 60.8 cm³/mol. The Bertz CT molecular complexity index is 209. The van der Waals surface area contributed by atoms with Crippen LogP contribution in [-0.4, -0.2) is 32.5 Å². The Hall–Kier alpha value is -0.440. The van der Waals surface area contributed by atoms with Crippen molar-refractivity contribution in [2.45, 2.75) is 20.8 Å². The summed E-state index contributed by atoms with van der Waals surface area (Å²) in [6.07, 6.45) is 2.42. The van der Waals surface area contributed by atoms with Gasteiger partial charge in [0.1, 0.15) is 0 Å². The minimum absolute atomic E-state index is 0.307. The Labute approximate surface area is 92.5 Å². The van der Waals surface area contributed by atoms with E-state index in [1.54, 1.807) is 13.0 Å². The minimum atomic E-state index is -0.907. The number of ether oxygens (including phenoxy) is 1. The van der Waals surface area contributed by atoms with Crippen LogP contribution >= 0.6 is 8.38 Å². The third-order valence-corrected chi connectivity index (χ3v) is 3.17. The highest BCUT2D eigenvalue weighted by atomic mass is 31.2. The summed E-state index contributed by atoms with van der Waals surface area (Å²) in [6.45, 7) is 6.81. The van der Waals surface area contributed by atoms with Gasteiger partial charge >= 0.3 is 5.97 Å². The quantitative estimate of drug-likeness (QED) is 0.385. The Morgan fingerprint density at radius 3 is 2.20 bits per heavy atom. The van der Waals surface area contributed by atoms with E-state index in [2.05, 4.69) is 4.74 Å². The second-order valence-electron chi connectivity index (χ2n) is 2.73. The minimum Gasteiger partial charge on any atom is -0.466 e. The van der Waals surface area contributed by atoms with E-state index in [-0.39, 0.29) is 5.97 Å². The molecule has 0 radical (unpaired) electrons. The van der Waals surface area contributed by atoms with Crippen LogP contribution in [0.5, 0.6) is 0 Å². The molecule has 0 bridgehead atoms. The van der Waals surface area contributed by atoms with Crippen LogP contribution in [0.2, 0.25) is 0 Å². The summed E-state index contributed by atoms with van der Waals surface area (Å²) in [7, 11) is 0.461. The van der Waals surface area contributed by atoms with E-state index in [0.29, 0.717) is 24.9 Å². The molecule has 15 heavy (non-hydrogen) atoms. The van der Waals surface area contributed by atoms with E-state index in [9.17, 15) is 4.79 Å². The van der Waals surface area contributed by atoms with E-state index < -0.39 is 8.38 Å². The highest BCUT2D eigenvalue weighted by Gasteiger charge is 2.09. The maximum atomic E-state index is 11.1. The van der Waals surface area contributed by atoms with Gasteiger partial charge in [-0.3, -0.25) is 0 Å². The van der Waals surface area contributed by atoms with Gasteiger partial charge in [-0.2, -0.15) is 0 Å². The Morgan fingerprint density at radius 2 is 1.80 bits per heavy atom. The fourth-order valence-corrected chi connectivity index (χ4v) is 2.17. The predicted octanol–water partition coefficient (Wildman–Crippen LogP) is 2.49. The summed E-state index contributed by atoms with van der Waals surface area (Å²) in [5.41, 5.74) is 0.587. The molecule has 0 aliphatic rings. The Balaban J connectivity index is 4.10. The molecule has 0 aromatic heterocycles. The SMILES string of the molecule is CCOP(CC=C(C)C(=O)OC)OCC. The van der Waals surface area contributed by atoms with E-state index in [0.717, 1.165) is 0 Å². The number of carbonyl (C=O) groups is 1. The smallest absolute Gasteiger partial charge is 0.333 e. The summed E-state index contributed by atoms with van der Waals surface area (Å²) in [5.74, 6) is -0.307. The molecule has 4 nitrogen and oxygen atoms in total. The summed E-state index contributed by atoms with van der Waals surface area (Å²) >= 11 is 0. The van der Waals surface area contributed by atoms with Gasteiger partial charge < -0.3 is 13.8 Å². The molecule has 0 atom stereocenters. The molecule has 0 aliphatic heterocycles. The van der Waals surface area contributed by atoms with E-state index in [1.165, 1.54) is 7.11 Å². The third-order valence-electron chi connectivity index (χ3n) is 1.60. The van der Waals surface area contributed by atoms with Crippen LogP contribution in [0.4, 0.5) is 0 Å². The number of esters is 1. The van der Waals surface area contributed by atoms with Crippen molar-refractivity contribution < 1.29 is 18.6 Å². The van der Waals surface area contributed by atoms with Gasteiger partial charge in [0.25, 0.3) is 0 Å². The standard InChI is InChI=1S/C10H19O4P/c1-5-13-15(14-6-2)8-7-9(3)10(11)12-4/h7H,5-6,8H2,1-4H3. The first-order chi connectivity index (χ1) is 7.15. The van der Waals surface area contributed by atoms with Crippen molar-refractivity contribution in [3.05, 3.63) is 11.6 Å². The average Bonchev–Trinajstić information content (AvgIpc) is 2.25. The number of hydrogen-bond donors (Lipinski definition) is 0. The number of rotatable bonds is 7. The first kappa shape index (κ1) is 14.6. The molecule has 5 heteroatoms. The van der Waals surface area contributed by atoms with Crippen molar-refractivity contribution in [2.24, 2.45) is 0 Å². The second-order valence-corrected chi connectivity index (χ2v) is 4.28. The molecular formula is C10H19O4P. The molecule has 0 heterocycles. The molecule has 0 amide bonds. The summed E-state index contributed by atoms with van der Waals surface area (Å²) < 4.78 is 15.4. The molecule has 0 aromatic rings. The van der Waals surface area contributed by atoms with Crippen molar-refractivity contribution in [3.8, 4) is 0 Å². The summed E-state index contributed by atoms with van der Waals surface area (Å²) in [6, 6.07) is 0. The molecule has 0 unspecified atom stereocenters. The Kier molecular flexibility index (Phi) is 8.58. The maximum Gasteiger partial charge on any atom is 0.333 e. The van der Waals surface area contributed by atoms with Crippen LogP contribution in [0, 0.1) is 0 Å². The van der Waals surface area contributed by atoms with E-state index in [4.69, 9.17) is 9.05 Å². The molecular weight excluding hydrogens is 215 g/mol. The molecule has 88 valence electrons. The van der Waals surface area contributed by atoms with Crippen molar-refractivity contribution in [1.29, 1.82) is 0 Å². The van der Waals surface area contributed by atoms with Gasteiger partial charge in [0, 0.05) is 11.7 Å². The summed E-state index contributed by atoms with van der Waals surface area (Å²) in [4.78, 5) is 11.1. The van der Waals surface area contributed by atoms with E-state index in [1.807, 2.05) is 13.8 Å². The largest absolute Gasteiger partial charge is 0.466 e. The highest BCUT2D eigenvalue weighted by molar-refractivity contribution is 7.47. The number of allylic oxidation sites excluding steroid dienone is 1. The zero-order valence-electron chi connectivity index (χ0n) is 9.78. The molecule has 0 spiro atoms. The normalized spacial score (nSPS) is 11.9. The summed E-state index contributed by atoms with van der Waals surface area (Å²) in [5, 5.41) is 0. The van der Waals surface area contributed by atoms with Crippen LogP contribution in [0.1, 0.15) is 20.8 Å². The number of methoxy groups -OCH3 is 1. The van der Waals surface area contributed by atoms with Crippen LogP contribution in [-0.2, 0) is 18.6 Å². The highest BCUT2D eigenvalue weighted by Crippen LogP contribution is 2.38. The first-order valence-corrected chi connectivity index (χ1v) is 6.30. The third kappa shape index (κ3) is 6.61. The molecule has 0 rings (SSSR count). The Morgan fingerprint density at radius 1 is 1.27 bits per heavy atom. The molecule has 0 saturated heterocycles. The van der Waals surface area contributed by atoms with Crippen molar-refractivity contribution >= 4 is 14.3 Å². The lowest BCUT2D eigenvalue weighted by Crippen LogP contribution is -2.02.